The van der Waals surface area contributed by atoms with E-state index in [4.69, 9.17) is 0 Å². The van der Waals surface area contributed by atoms with Gasteiger partial charge >= 0.3 is 6.18 Å². The summed E-state index contributed by atoms with van der Waals surface area (Å²) in [6, 6.07) is 13.1. The Kier molecular flexibility index (Phi) is 4.37. The van der Waals surface area contributed by atoms with Crippen LogP contribution in [0.1, 0.15) is 29.8 Å². The molecule has 0 unspecified atom stereocenters. The van der Waals surface area contributed by atoms with Crippen LogP contribution in [0.5, 0.6) is 0 Å². The van der Waals surface area contributed by atoms with Gasteiger partial charge in [0.15, 0.2) is 5.69 Å². The Balaban J connectivity index is 1.61. The lowest BCUT2D eigenvalue weighted by molar-refractivity contribution is -0.142. The molecule has 0 fully saturated rings. The fourth-order valence-corrected chi connectivity index (χ4v) is 3.69. The molecule has 140 valence electrons. The van der Waals surface area contributed by atoms with E-state index in [9.17, 15) is 18.0 Å². The second kappa shape index (κ2) is 6.72. The van der Waals surface area contributed by atoms with Crippen molar-refractivity contribution in [2.45, 2.75) is 38.4 Å². The van der Waals surface area contributed by atoms with Gasteiger partial charge in [-0.25, -0.2) is 0 Å². The average Bonchev–Trinajstić information content (AvgIpc) is 3.01. The minimum atomic E-state index is -4.50. The van der Waals surface area contributed by atoms with E-state index in [1.54, 1.807) is 6.07 Å². The first kappa shape index (κ1) is 17.6. The first-order chi connectivity index (χ1) is 12.9. The molecule has 4 nitrogen and oxygen atoms in total. The van der Waals surface area contributed by atoms with E-state index in [1.165, 1.54) is 4.68 Å². The van der Waals surface area contributed by atoms with Crippen LogP contribution in [0.3, 0.4) is 0 Å². The molecule has 2 aromatic carbocycles. The summed E-state index contributed by atoms with van der Waals surface area (Å²) in [5, 5.41) is 8.40. The largest absolute Gasteiger partial charge is 0.435 e. The molecule has 3 aromatic rings. The number of rotatable bonds is 3. The number of alkyl halides is 3. The van der Waals surface area contributed by atoms with Gasteiger partial charge < -0.3 is 5.32 Å². The first-order valence-electron chi connectivity index (χ1n) is 8.87. The highest BCUT2D eigenvalue weighted by Crippen LogP contribution is 2.35. The summed E-state index contributed by atoms with van der Waals surface area (Å²) in [5.41, 5.74) is 0.554. The molecule has 4 rings (SSSR count). The number of aromatic nitrogens is 2. The predicted molar refractivity (Wildman–Crippen MR) is 96.4 cm³/mol. The highest BCUT2D eigenvalue weighted by atomic mass is 19.4. The SMILES string of the molecule is O=C(Cn1nc(C(F)(F)F)c2c1CCCC2)Nc1cccc2ccccc12. The minimum Gasteiger partial charge on any atom is -0.324 e. The lowest BCUT2D eigenvalue weighted by Gasteiger charge is -2.15. The Morgan fingerprint density at radius 2 is 1.81 bits per heavy atom. The van der Waals surface area contributed by atoms with E-state index in [-0.39, 0.29) is 12.1 Å². The van der Waals surface area contributed by atoms with E-state index in [0.29, 0.717) is 30.6 Å². The maximum absolute atomic E-state index is 13.3. The molecule has 1 aliphatic carbocycles. The van der Waals surface area contributed by atoms with Gasteiger partial charge in [-0.1, -0.05) is 36.4 Å². The third kappa shape index (κ3) is 3.41. The van der Waals surface area contributed by atoms with Crippen LogP contribution in [0.4, 0.5) is 18.9 Å². The Hall–Kier alpha value is -2.83. The number of carbonyl (C=O) groups is 1. The molecular weight excluding hydrogens is 355 g/mol. The fourth-order valence-electron chi connectivity index (χ4n) is 3.69. The highest BCUT2D eigenvalue weighted by molar-refractivity contribution is 6.02. The average molecular weight is 373 g/mol. The van der Waals surface area contributed by atoms with E-state index in [2.05, 4.69) is 10.4 Å². The van der Waals surface area contributed by atoms with Crippen molar-refractivity contribution in [1.82, 2.24) is 9.78 Å². The van der Waals surface area contributed by atoms with Crippen molar-refractivity contribution in [3.05, 3.63) is 59.4 Å². The first-order valence-corrected chi connectivity index (χ1v) is 8.87. The minimum absolute atomic E-state index is 0.234. The van der Waals surface area contributed by atoms with Gasteiger partial charge in [-0.05, 0) is 37.1 Å². The van der Waals surface area contributed by atoms with Crippen LogP contribution in [0, 0.1) is 0 Å². The third-order valence-corrected chi connectivity index (χ3v) is 4.88. The Morgan fingerprint density at radius 1 is 1.07 bits per heavy atom. The quantitative estimate of drug-likeness (QED) is 0.731. The molecule has 1 aromatic heterocycles. The normalized spacial score (nSPS) is 14.2. The molecule has 1 N–H and O–H groups in total. The molecule has 0 atom stereocenters. The standard InChI is InChI=1S/C20H18F3N3O/c21-20(22,23)19-15-9-3-4-11-17(15)26(25-19)12-18(27)24-16-10-5-7-13-6-1-2-8-14(13)16/h1-2,5-8,10H,3-4,9,11-12H2,(H,24,27). The number of fused-ring (bicyclic) bond motifs is 2. The second-order valence-corrected chi connectivity index (χ2v) is 6.71. The van der Waals surface area contributed by atoms with Crippen molar-refractivity contribution in [1.29, 1.82) is 0 Å². The van der Waals surface area contributed by atoms with Gasteiger partial charge in [-0.2, -0.15) is 18.3 Å². The Bertz CT molecular complexity index is 1000. The van der Waals surface area contributed by atoms with Crippen molar-refractivity contribution in [3.63, 3.8) is 0 Å². The van der Waals surface area contributed by atoms with Crippen LogP contribution in [-0.2, 0) is 30.4 Å². The van der Waals surface area contributed by atoms with Crippen LogP contribution in [0.15, 0.2) is 42.5 Å². The highest BCUT2D eigenvalue weighted by Gasteiger charge is 2.39. The number of amides is 1. The summed E-state index contributed by atoms with van der Waals surface area (Å²) in [6.45, 7) is -0.234. The zero-order chi connectivity index (χ0) is 19.0. The van der Waals surface area contributed by atoms with Gasteiger partial charge in [0.05, 0.1) is 0 Å². The summed E-state index contributed by atoms with van der Waals surface area (Å²) in [5.74, 6) is -0.393. The molecule has 0 bridgehead atoms. The Labute approximate surface area is 154 Å². The lowest BCUT2D eigenvalue weighted by Crippen LogP contribution is -2.22. The summed E-state index contributed by atoms with van der Waals surface area (Å²) in [6.07, 6.45) is -2.11. The van der Waals surface area contributed by atoms with E-state index in [0.717, 1.165) is 17.2 Å². The van der Waals surface area contributed by atoms with Crippen LogP contribution in [0.2, 0.25) is 0 Å². The molecule has 0 radical (unpaired) electrons. The van der Waals surface area contributed by atoms with Crippen LogP contribution < -0.4 is 5.32 Å². The molecule has 7 heteroatoms. The summed E-state index contributed by atoms with van der Waals surface area (Å²) < 4.78 is 41.0. The van der Waals surface area contributed by atoms with Gasteiger partial charge in [-0.15, -0.1) is 0 Å². The van der Waals surface area contributed by atoms with Gasteiger partial charge in [0, 0.05) is 22.3 Å². The molecule has 27 heavy (non-hydrogen) atoms. The number of nitrogens with zero attached hydrogens (tertiary/aromatic N) is 2. The predicted octanol–water partition coefficient (Wildman–Crippen LogP) is 4.57. The van der Waals surface area contributed by atoms with E-state index < -0.39 is 17.8 Å². The number of nitrogens with one attached hydrogen (secondary N) is 1. The number of benzene rings is 2. The lowest BCUT2D eigenvalue weighted by atomic mass is 9.95. The number of carbonyl (C=O) groups excluding carboxylic acids is 1. The van der Waals surface area contributed by atoms with E-state index in [1.807, 2.05) is 36.4 Å². The molecule has 1 aliphatic rings. The summed E-state index contributed by atoms with van der Waals surface area (Å²) >= 11 is 0. The van der Waals surface area contributed by atoms with Crippen LogP contribution in [-0.4, -0.2) is 15.7 Å². The zero-order valence-corrected chi connectivity index (χ0v) is 14.5. The van der Waals surface area contributed by atoms with E-state index >= 15 is 0 Å². The topological polar surface area (TPSA) is 46.9 Å². The molecule has 0 spiro atoms. The number of halogens is 3. The second-order valence-electron chi connectivity index (χ2n) is 6.71. The summed E-state index contributed by atoms with van der Waals surface area (Å²) in [4.78, 5) is 12.5. The molecular formula is C20H18F3N3O. The van der Waals surface area contributed by atoms with Crippen molar-refractivity contribution in [2.75, 3.05) is 5.32 Å². The van der Waals surface area contributed by atoms with Crippen molar-refractivity contribution in [2.24, 2.45) is 0 Å². The van der Waals surface area contributed by atoms with Gasteiger partial charge in [0.1, 0.15) is 6.54 Å². The van der Waals surface area contributed by atoms with Gasteiger partial charge in [0.2, 0.25) is 5.91 Å². The molecule has 1 heterocycles. The summed E-state index contributed by atoms with van der Waals surface area (Å²) in [7, 11) is 0. The van der Waals surface area contributed by atoms with Crippen LogP contribution in [0.25, 0.3) is 10.8 Å². The number of hydrogen-bond donors (Lipinski definition) is 1. The smallest absolute Gasteiger partial charge is 0.324 e. The number of hydrogen-bond acceptors (Lipinski definition) is 2. The maximum Gasteiger partial charge on any atom is 0.435 e. The van der Waals surface area contributed by atoms with Gasteiger partial charge in [-0.3, -0.25) is 9.48 Å². The fraction of sp³-hybridized carbons (Fsp3) is 0.300. The monoisotopic (exact) mass is 373 g/mol. The Morgan fingerprint density at radius 3 is 2.63 bits per heavy atom. The third-order valence-electron chi connectivity index (χ3n) is 4.88. The van der Waals surface area contributed by atoms with Crippen molar-refractivity contribution < 1.29 is 18.0 Å². The molecule has 0 aliphatic heterocycles. The number of anilines is 1. The van der Waals surface area contributed by atoms with Crippen molar-refractivity contribution >= 4 is 22.4 Å². The maximum atomic E-state index is 13.3. The van der Waals surface area contributed by atoms with Crippen molar-refractivity contribution in [3.8, 4) is 0 Å². The molecule has 0 saturated carbocycles. The van der Waals surface area contributed by atoms with Crippen LogP contribution >= 0.6 is 0 Å². The molecule has 1 amide bonds. The zero-order valence-electron chi connectivity index (χ0n) is 14.5. The van der Waals surface area contributed by atoms with Gasteiger partial charge in [0.25, 0.3) is 0 Å². The molecule has 0 saturated heterocycles.